The molecule has 14 heavy (non-hydrogen) atoms. The quantitative estimate of drug-likeness (QED) is 0.712. The lowest BCUT2D eigenvalue weighted by molar-refractivity contribution is -0.118. The number of anilines is 2. The van der Waals surface area contributed by atoms with Crippen molar-refractivity contribution in [3.8, 4) is 0 Å². The fourth-order valence-electron chi connectivity index (χ4n) is 1.53. The largest absolute Gasteiger partial charge is 0.396 e. The summed E-state index contributed by atoms with van der Waals surface area (Å²) in [5.74, 6) is 0.112. The fraction of sp³-hybridized carbons (Fsp3) is 0.333. The molecule has 0 atom stereocenters. The zero-order valence-electron chi connectivity index (χ0n) is 7.75. The highest BCUT2D eigenvalue weighted by atomic mass is 79.9. The van der Waals surface area contributed by atoms with Gasteiger partial charge in [-0.1, -0.05) is 0 Å². The van der Waals surface area contributed by atoms with Gasteiger partial charge in [-0.15, -0.1) is 0 Å². The Kier molecular flexibility index (Phi) is 2.19. The van der Waals surface area contributed by atoms with Gasteiger partial charge in [0, 0.05) is 19.9 Å². The summed E-state index contributed by atoms with van der Waals surface area (Å²) in [6.07, 6.45) is 1.21. The van der Waals surface area contributed by atoms with E-state index in [9.17, 15) is 4.79 Å². The van der Waals surface area contributed by atoms with Crippen LogP contribution in [-0.4, -0.2) is 17.9 Å². The summed E-state index contributed by atoms with van der Waals surface area (Å²) in [5, 5.41) is 0. The highest BCUT2D eigenvalue weighted by molar-refractivity contribution is 9.10. The Hall–Kier alpha value is -1.10. The molecule has 2 N–H and O–H groups in total. The molecule has 0 spiro atoms. The minimum Gasteiger partial charge on any atom is -0.396 e. The van der Waals surface area contributed by atoms with Crippen molar-refractivity contribution in [2.45, 2.75) is 12.8 Å². The summed E-state index contributed by atoms with van der Waals surface area (Å²) in [5.41, 5.74) is 8.01. The molecule has 5 heteroatoms. The highest BCUT2D eigenvalue weighted by Crippen LogP contribution is 2.30. The minimum absolute atomic E-state index is 0.112. The zero-order valence-corrected chi connectivity index (χ0v) is 9.34. The number of carbonyl (C=O) groups excluding carboxylic acids is 1. The van der Waals surface area contributed by atoms with E-state index in [2.05, 4.69) is 20.9 Å². The smallest absolute Gasteiger partial charge is 0.227 e. The molecule has 0 radical (unpaired) electrons. The molecule has 0 bridgehead atoms. The van der Waals surface area contributed by atoms with Crippen LogP contribution in [0, 0.1) is 0 Å². The van der Waals surface area contributed by atoms with Crippen molar-refractivity contribution < 1.29 is 4.79 Å². The van der Waals surface area contributed by atoms with E-state index in [-0.39, 0.29) is 5.91 Å². The lowest BCUT2D eigenvalue weighted by Gasteiger charge is -2.25. The molecule has 1 aromatic heterocycles. The van der Waals surface area contributed by atoms with Crippen LogP contribution in [0.25, 0.3) is 0 Å². The van der Waals surface area contributed by atoms with Crippen LogP contribution in [-0.2, 0) is 11.2 Å². The average Bonchev–Trinajstić information content (AvgIpc) is 2.15. The molecule has 1 aliphatic heterocycles. The number of hydrogen-bond donors (Lipinski definition) is 1. The highest BCUT2D eigenvalue weighted by Gasteiger charge is 2.22. The number of fused-ring (bicyclic) bond motifs is 1. The lowest BCUT2D eigenvalue weighted by Crippen LogP contribution is -2.31. The average molecular weight is 256 g/mol. The van der Waals surface area contributed by atoms with Crippen molar-refractivity contribution in [1.82, 2.24) is 4.98 Å². The molecule has 1 amide bonds. The number of nitrogens with zero attached hydrogens (tertiary/aromatic N) is 2. The third kappa shape index (κ3) is 1.37. The van der Waals surface area contributed by atoms with E-state index in [1.165, 1.54) is 0 Å². The molecule has 74 valence electrons. The zero-order chi connectivity index (χ0) is 10.3. The molecule has 2 heterocycles. The molecule has 2 rings (SSSR count). The van der Waals surface area contributed by atoms with Gasteiger partial charge >= 0.3 is 0 Å². The Labute approximate surface area is 90.2 Å². The molecule has 0 aromatic carbocycles. The van der Waals surface area contributed by atoms with Gasteiger partial charge in [0.1, 0.15) is 4.60 Å². The second-order valence-corrected chi connectivity index (χ2v) is 4.04. The van der Waals surface area contributed by atoms with Crippen LogP contribution in [0.2, 0.25) is 0 Å². The summed E-state index contributed by atoms with van der Waals surface area (Å²) in [6, 6.07) is 1.78. The molecular formula is C9H10BrN3O. The van der Waals surface area contributed by atoms with E-state index < -0.39 is 0 Å². The number of aryl methyl sites for hydroxylation is 1. The monoisotopic (exact) mass is 255 g/mol. The topological polar surface area (TPSA) is 59.2 Å². The van der Waals surface area contributed by atoms with Crippen LogP contribution in [0.15, 0.2) is 10.7 Å². The van der Waals surface area contributed by atoms with E-state index in [0.717, 1.165) is 11.4 Å². The predicted octanol–water partition coefficient (Wildman–Crippen LogP) is 1.34. The summed E-state index contributed by atoms with van der Waals surface area (Å²) in [6.45, 7) is 0. The maximum atomic E-state index is 11.4. The summed E-state index contributed by atoms with van der Waals surface area (Å²) >= 11 is 3.27. The van der Waals surface area contributed by atoms with Crippen molar-refractivity contribution in [3.05, 3.63) is 16.4 Å². The van der Waals surface area contributed by atoms with Crippen molar-refractivity contribution >= 4 is 33.2 Å². The molecule has 0 saturated carbocycles. The molecule has 1 aliphatic rings. The molecule has 0 fully saturated rings. The summed E-state index contributed by atoms with van der Waals surface area (Å²) in [7, 11) is 1.75. The van der Waals surface area contributed by atoms with Gasteiger partial charge in [0.15, 0.2) is 0 Å². The second kappa shape index (κ2) is 3.24. The SMILES string of the molecule is CN1C(=O)CCc2nc(Br)c(N)cc21. The molecule has 0 unspecified atom stereocenters. The van der Waals surface area contributed by atoms with E-state index in [0.29, 0.717) is 23.1 Å². The molecule has 4 nitrogen and oxygen atoms in total. The van der Waals surface area contributed by atoms with Crippen molar-refractivity contribution in [1.29, 1.82) is 0 Å². The fourth-order valence-corrected chi connectivity index (χ4v) is 1.86. The van der Waals surface area contributed by atoms with Gasteiger partial charge in [-0.05, 0) is 22.0 Å². The molecule has 1 aromatic rings. The first-order chi connectivity index (χ1) is 6.59. The number of aromatic nitrogens is 1. The number of nitrogens with two attached hydrogens (primary N) is 1. The normalized spacial score (nSPS) is 15.6. The van der Waals surface area contributed by atoms with Crippen molar-refractivity contribution in [3.63, 3.8) is 0 Å². The second-order valence-electron chi connectivity index (χ2n) is 3.29. The Morgan fingerprint density at radius 2 is 2.29 bits per heavy atom. The lowest BCUT2D eigenvalue weighted by atomic mass is 10.1. The predicted molar refractivity (Wildman–Crippen MR) is 58.1 cm³/mol. The third-order valence-electron chi connectivity index (χ3n) is 2.37. The first-order valence-electron chi connectivity index (χ1n) is 4.31. The van der Waals surface area contributed by atoms with Crippen LogP contribution in [0.3, 0.4) is 0 Å². The Morgan fingerprint density at radius 1 is 1.57 bits per heavy atom. The van der Waals surface area contributed by atoms with E-state index in [1.807, 2.05) is 0 Å². The van der Waals surface area contributed by atoms with Gasteiger partial charge < -0.3 is 10.6 Å². The number of hydrogen-bond acceptors (Lipinski definition) is 3. The Morgan fingerprint density at radius 3 is 3.00 bits per heavy atom. The number of rotatable bonds is 0. The van der Waals surface area contributed by atoms with Gasteiger partial charge in [0.2, 0.25) is 5.91 Å². The molecule has 0 aliphatic carbocycles. The first kappa shape index (κ1) is 9.45. The van der Waals surface area contributed by atoms with E-state index in [4.69, 9.17) is 5.73 Å². The van der Waals surface area contributed by atoms with Gasteiger partial charge in [0.25, 0.3) is 0 Å². The van der Waals surface area contributed by atoms with Gasteiger partial charge in [-0.25, -0.2) is 4.98 Å². The van der Waals surface area contributed by atoms with Crippen LogP contribution in [0.4, 0.5) is 11.4 Å². The number of pyridine rings is 1. The third-order valence-corrected chi connectivity index (χ3v) is 3.01. The van der Waals surface area contributed by atoms with Crippen LogP contribution in [0.5, 0.6) is 0 Å². The Balaban J connectivity index is 2.55. The van der Waals surface area contributed by atoms with Crippen molar-refractivity contribution in [2.75, 3.05) is 17.7 Å². The number of halogens is 1. The van der Waals surface area contributed by atoms with Gasteiger partial charge in [-0.2, -0.15) is 0 Å². The standard InChI is InChI=1S/C9H10BrN3O/c1-13-7-4-5(11)9(10)12-6(7)2-3-8(13)14/h4H,2-3,11H2,1H3. The number of amides is 1. The number of carbonyl (C=O) groups is 1. The van der Waals surface area contributed by atoms with Crippen LogP contribution in [0.1, 0.15) is 12.1 Å². The summed E-state index contributed by atoms with van der Waals surface area (Å²) < 4.78 is 0.652. The van der Waals surface area contributed by atoms with E-state index in [1.54, 1.807) is 18.0 Å². The van der Waals surface area contributed by atoms with Crippen molar-refractivity contribution in [2.24, 2.45) is 0 Å². The van der Waals surface area contributed by atoms with Crippen LogP contribution >= 0.6 is 15.9 Å². The Bertz CT molecular complexity index is 405. The number of nitrogen functional groups attached to an aromatic ring is 1. The first-order valence-corrected chi connectivity index (χ1v) is 5.10. The van der Waals surface area contributed by atoms with Crippen LogP contribution < -0.4 is 10.6 Å². The molecule has 0 saturated heterocycles. The molecular weight excluding hydrogens is 246 g/mol. The minimum atomic E-state index is 0.112. The van der Waals surface area contributed by atoms with Gasteiger partial charge in [0.05, 0.1) is 17.1 Å². The summed E-state index contributed by atoms with van der Waals surface area (Å²) in [4.78, 5) is 17.3. The van der Waals surface area contributed by atoms with E-state index >= 15 is 0 Å². The maximum Gasteiger partial charge on any atom is 0.227 e. The maximum absolute atomic E-state index is 11.4. The van der Waals surface area contributed by atoms with Gasteiger partial charge in [-0.3, -0.25) is 4.79 Å².